The van der Waals surface area contributed by atoms with Gasteiger partial charge in [-0.2, -0.15) is 0 Å². The number of ether oxygens (including phenoxy) is 2. The lowest BCUT2D eigenvalue weighted by molar-refractivity contribution is 0.0948. The van der Waals surface area contributed by atoms with Gasteiger partial charge < -0.3 is 19.8 Å². The summed E-state index contributed by atoms with van der Waals surface area (Å²) in [6.45, 7) is 4.35. The van der Waals surface area contributed by atoms with Gasteiger partial charge in [-0.25, -0.2) is 4.98 Å². The number of pyridine rings is 1. The third-order valence-corrected chi connectivity index (χ3v) is 5.25. The summed E-state index contributed by atoms with van der Waals surface area (Å²) in [5.74, 6) is 7.31. The second kappa shape index (κ2) is 10.6. The molecule has 0 aliphatic rings. The third-order valence-electron chi connectivity index (χ3n) is 5.25. The van der Waals surface area contributed by atoms with Gasteiger partial charge in [-0.05, 0) is 68.3 Å². The van der Waals surface area contributed by atoms with Crippen molar-refractivity contribution in [1.82, 2.24) is 15.3 Å². The maximum atomic E-state index is 13.1. The number of nitrogens with zero attached hydrogens (tertiary/aromatic N) is 1. The van der Waals surface area contributed by atoms with Gasteiger partial charge in [-0.15, -0.1) is 0 Å². The zero-order valence-corrected chi connectivity index (χ0v) is 19.5. The van der Waals surface area contributed by atoms with Crippen molar-refractivity contribution in [2.75, 3.05) is 13.7 Å². The number of rotatable bonds is 7. The van der Waals surface area contributed by atoms with Crippen molar-refractivity contribution in [2.45, 2.75) is 26.4 Å². The molecule has 172 valence electrons. The third kappa shape index (κ3) is 5.38. The normalized spacial score (nSPS) is 10.6. The molecule has 0 saturated heterocycles. The van der Waals surface area contributed by atoms with Crippen LogP contribution in [-0.4, -0.2) is 35.6 Å². The number of carbonyl (C=O) groups excluding carboxylic acids is 1. The van der Waals surface area contributed by atoms with Crippen LogP contribution >= 0.6 is 0 Å². The molecule has 0 bridgehead atoms. The van der Waals surface area contributed by atoms with Crippen LogP contribution in [0.5, 0.6) is 11.5 Å². The molecule has 0 atom stereocenters. The molecule has 0 spiro atoms. The van der Waals surface area contributed by atoms with Crippen molar-refractivity contribution in [3.8, 4) is 23.3 Å². The number of nitrogens with one attached hydrogen (secondary N) is 2. The summed E-state index contributed by atoms with van der Waals surface area (Å²) in [7, 11) is 1.62. The number of H-pyrrole nitrogens is 1. The van der Waals surface area contributed by atoms with Crippen LogP contribution in [0.4, 0.5) is 0 Å². The molecule has 2 aromatic carbocycles. The first kappa shape index (κ1) is 22.9. The van der Waals surface area contributed by atoms with Gasteiger partial charge in [-0.3, -0.25) is 4.79 Å². The van der Waals surface area contributed by atoms with Crippen LogP contribution in [0.15, 0.2) is 67.0 Å². The minimum atomic E-state index is -0.199. The fourth-order valence-corrected chi connectivity index (χ4v) is 3.65. The Bertz CT molecular complexity index is 1360. The van der Waals surface area contributed by atoms with E-state index < -0.39 is 0 Å². The Balaban J connectivity index is 1.52. The molecule has 4 rings (SSSR count). The molecule has 1 amide bonds. The van der Waals surface area contributed by atoms with E-state index in [0.29, 0.717) is 30.0 Å². The molecule has 2 aromatic heterocycles. The van der Waals surface area contributed by atoms with E-state index in [1.54, 1.807) is 25.4 Å². The van der Waals surface area contributed by atoms with Crippen molar-refractivity contribution in [1.29, 1.82) is 0 Å². The quantitative estimate of drug-likeness (QED) is 0.397. The number of fused-ring (bicyclic) bond motifs is 1. The molecule has 2 N–H and O–H groups in total. The van der Waals surface area contributed by atoms with E-state index >= 15 is 0 Å². The molecule has 0 aliphatic heterocycles. The number of benzene rings is 2. The number of methoxy groups -OCH3 is 1. The van der Waals surface area contributed by atoms with Gasteiger partial charge in [0.05, 0.1) is 24.3 Å². The number of para-hydroxylation sites is 1. The lowest BCUT2D eigenvalue weighted by Crippen LogP contribution is -2.26. The first-order valence-electron chi connectivity index (χ1n) is 11.2. The Labute approximate surface area is 199 Å². The molecule has 0 unspecified atom stereocenters. The highest BCUT2D eigenvalue weighted by atomic mass is 16.5. The molecule has 0 fully saturated rings. The highest BCUT2D eigenvalue weighted by Gasteiger charge is 2.15. The summed E-state index contributed by atoms with van der Waals surface area (Å²) in [5.41, 5.74) is 3.92. The molecule has 2 heterocycles. The highest BCUT2D eigenvalue weighted by Crippen LogP contribution is 2.22. The molecule has 6 nitrogen and oxygen atoms in total. The number of amides is 1. The second-order valence-electron chi connectivity index (χ2n) is 8.05. The van der Waals surface area contributed by atoms with Crippen LogP contribution < -0.4 is 14.8 Å². The van der Waals surface area contributed by atoms with Gasteiger partial charge in [-0.1, -0.05) is 24.0 Å². The Morgan fingerprint density at radius 3 is 2.76 bits per heavy atom. The van der Waals surface area contributed by atoms with Crippen molar-refractivity contribution in [3.63, 3.8) is 0 Å². The molecule has 0 radical (unpaired) electrons. The van der Waals surface area contributed by atoms with Crippen LogP contribution in [0.25, 0.3) is 11.0 Å². The fourth-order valence-electron chi connectivity index (χ4n) is 3.65. The molecule has 0 aliphatic carbocycles. The number of carbonyl (C=O) groups is 1. The lowest BCUT2D eigenvalue weighted by Gasteiger charge is -2.14. The lowest BCUT2D eigenvalue weighted by atomic mass is 10.1. The van der Waals surface area contributed by atoms with E-state index in [4.69, 9.17) is 9.47 Å². The predicted octanol–water partition coefficient (Wildman–Crippen LogP) is 4.73. The Morgan fingerprint density at radius 1 is 1.09 bits per heavy atom. The predicted molar refractivity (Wildman–Crippen MR) is 133 cm³/mol. The minimum Gasteiger partial charge on any atom is -0.495 e. The minimum absolute atomic E-state index is 0.0595. The topological polar surface area (TPSA) is 76.2 Å². The highest BCUT2D eigenvalue weighted by molar-refractivity contribution is 5.97. The van der Waals surface area contributed by atoms with E-state index in [2.05, 4.69) is 27.1 Å². The average molecular weight is 454 g/mol. The number of aromatic nitrogens is 2. The Kier molecular flexibility index (Phi) is 7.14. The van der Waals surface area contributed by atoms with Crippen LogP contribution in [0.1, 0.15) is 40.9 Å². The van der Waals surface area contributed by atoms with E-state index in [1.807, 2.05) is 62.5 Å². The average Bonchev–Trinajstić information content (AvgIpc) is 3.26. The van der Waals surface area contributed by atoms with Crippen LogP contribution in [0.2, 0.25) is 0 Å². The zero-order chi connectivity index (χ0) is 23.9. The van der Waals surface area contributed by atoms with Gasteiger partial charge in [0.2, 0.25) is 0 Å². The van der Waals surface area contributed by atoms with Crippen molar-refractivity contribution >= 4 is 16.9 Å². The number of hydrogen-bond acceptors (Lipinski definition) is 4. The zero-order valence-electron chi connectivity index (χ0n) is 19.5. The molecular formula is C28H27N3O3. The SMILES string of the molecule is COc1ccccc1C#Cc1ccc(OC(C)C)c(C(=O)NCCc2c[nH]c3ncccc23)c1. The Morgan fingerprint density at radius 2 is 1.94 bits per heavy atom. The fraction of sp³-hybridized carbons (Fsp3) is 0.214. The second-order valence-corrected chi connectivity index (χ2v) is 8.05. The molecular weight excluding hydrogens is 426 g/mol. The largest absolute Gasteiger partial charge is 0.495 e. The molecule has 4 aromatic rings. The maximum absolute atomic E-state index is 13.1. The summed E-state index contributed by atoms with van der Waals surface area (Å²) in [6.07, 6.45) is 4.32. The summed E-state index contributed by atoms with van der Waals surface area (Å²) < 4.78 is 11.3. The van der Waals surface area contributed by atoms with Gasteiger partial charge in [0.25, 0.3) is 5.91 Å². The van der Waals surface area contributed by atoms with E-state index in [9.17, 15) is 4.79 Å². The van der Waals surface area contributed by atoms with Crippen LogP contribution in [-0.2, 0) is 6.42 Å². The van der Waals surface area contributed by atoms with Gasteiger partial charge in [0, 0.05) is 29.9 Å². The van der Waals surface area contributed by atoms with Crippen molar-refractivity contribution in [3.05, 3.63) is 89.2 Å². The first-order chi connectivity index (χ1) is 16.5. The number of aromatic amines is 1. The summed E-state index contributed by atoms with van der Waals surface area (Å²) in [6, 6.07) is 16.9. The van der Waals surface area contributed by atoms with Crippen LogP contribution in [0, 0.1) is 11.8 Å². The van der Waals surface area contributed by atoms with Gasteiger partial charge in [0.15, 0.2) is 0 Å². The van der Waals surface area contributed by atoms with Crippen molar-refractivity contribution in [2.24, 2.45) is 0 Å². The summed E-state index contributed by atoms with van der Waals surface area (Å²) in [4.78, 5) is 20.6. The van der Waals surface area contributed by atoms with Gasteiger partial charge >= 0.3 is 0 Å². The van der Waals surface area contributed by atoms with Crippen LogP contribution in [0.3, 0.4) is 0 Å². The van der Waals surface area contributed by atoms with E-state index in [-0.39, 0.29) is 12.0 Å². The smallest absolute Gasteiger partial charge is 0.255 e. The van der Waals surface area contributed by atoms with Crippen molar-refractivity contribution < 1.29 is 14.3 Å². The standard InChI is InChI=1S/C28H27N3O3/c1-19(2)34-26-13-11-20(10-12-21-7-4-5-9-25(21)33-3)17-24(26)28(32)30-16-14-22-18-31-27-23(22)8-6-15-29-27/h4-9,11,13,15,17-19H,14,16H2,1-3H3,(H,29,31)(H,30,32). The Hall–Kier alpha value is -4.24. The summed E-state index contributed by atoms with van der Waals surface area (Å²) in [5, 5.41) is 4.08. The molecule has 6 heteroatoms. The van der Waals surface area contributed by atoms with Gasteiger partial charge in [0.1, 0.15) is 17.1 Å². The van der Waals surface area contributed by atoms with E-state index in [0.717, 1.165) is 27.7 Å². The summed E-state index contributed by atoms with van der Waals surface area (Å²) >= 11 is 0. The van der Waals surface area contributed by atoms with E-state index in [1.165, 1.54) is 0 Å². The number of hydrogen-bond donors (Lipinski definition) is 2. The first-order valence-corrected chi connectivity index (χ1v) is 11.2. The molecule has 34 heavy (non-hydrogen) atoms. The monoisotopic (exact) mass is 453 g/mol. The maximum Gasteiger partial charge on any atom is 0.255 e. The molecule has 0 saturated carbocycles.